The number of carbonyl (C=O) groups excluding carboxylic acids is 1. The Labute approximate surface area is 93.6 Å². The summed E-state index contributed by atoms with van der Waals surface area (Å²) in [5.41, 5.74) is 0.922. The molecule has 0 aliphatic rings. The van der Waals surface area contributed by atoms with Gasteiger partial charge in [0.05, 0.1) is 19.4 Å². The van der Waals surface area contributed by atoms with E-state index in [1.165, 1.54) is 7.11 Å². The predicted molar refractivity (Wildman–Crippen MR) is 59.2 cm³/mol. The number of hydrogen-bond donors (Lipinski definition) is 0. The molecule has 0 spiro atoms. The third-order valence-electron chi connectivity index (χ3n) is 1.78. The van der Waals surface area contributed by atoms with Crippen molar-refractivity contribution in [1.29, 1.82) is 0 Å². The number of carbonyl (C=O) groups is 1. The Morgan fingerprint density at radius 3 is 2.88 bits per heavy atom. The molecule has 0 amide bonds. The Balaban J connectivity index is 2.79. The summed E-state index contributed by atoms with van der Waals surface area (Å²) in [5.74, 6) is 0.603. The zero-order valence-electron chi connectivity index (χ0n) is 9.17. The van der Waals surface area contributed by atoms with E-state index in [2.05, 4.69) is 14.8 Å². The molecule has 0 N–H and O–H groups in total. The molecule has 0 heterocycles. The van der Waals surface area contributed by atoms with Crippen LogP contribution in [0.3, 0.4) is 0 Å². The largest absolute Gasteiger partial charge is 0.497 e. The summed E-state index contributed by atoms with van der Waals surface area (Å²) in [7, 11) is 1.53. The van der Waals surface area contributed by atoms with Crippen LogP contribution in [-0.2, 0) is 9.78 Å². The lowest BCUT2D eigenvalue weighted by atomic mass is 10.2. The van der Waals surface area contributed by atoms with Crippen molar-refractivity contribution < 1.29 is 19.3 Å². The highest BCUT2D eigenvalue weighted by Crippen LogP contribution is 2.22. The summed E-state index contributed by atoms with van der Waals surface area (Å²) in [4.78, 5) is 23.9. The zero-order valence-corrected chi connectivity index (χ0v) is 9.17. The van der Waals surface area contributed by atoms with Crippen molar-refractivity contribution in [3.05, 3.63) is 23.8 Å². The van der Waals surface area contributed by atoms with Crippen molar-refractivity contribution in [1.82, 2.24) is 0 Å². The van der Waals surface area contributed by atoms with Crippen LogP contribution in [0.4, 0.5) is 5.69 Å². The molecule has 0 aliphatic heterocycles. The first-order valence-corrected chi connectivity index (χ1v) is 4.75. The molecule has 86 valence electrons. The van der Waals surface area contributed by atoms with Gasteiger partial charge in [0, 0.05) is 5.56 Å². The van der Waals surface area contributed by atoms with Gasteiger partial charge in [0.25, 0.3) is 0 Å². The number of hydrogen-bond acceptors (Lipinski definition) is 5. The molecule has 16 heavy (non-hydrogen) atoms. The molecular formula is C11H13NO4. The Bertz CT molecular complexity index is 376. The van der Waals surface area contributed by atoms with Crippen LogP contribution in [0.5, 0.6) is 5.75 Å². The quantitative estimate of drug-likeness (QED) is 0.185. The summed E-state index contributed by atoms with van der Waals surface area (Å²) in [6, 6.07) is 4.97. The molecule has 0 radical (unpaired) electrons. The van der Waals surface area contributed by atoms with Gasteiger partial charge in [-0.1, -0.05) is 0 Å². The number of methoxy groups -OCH3 is 1. The lowest BCUT2D eigenvalue weighted by Crippen LogP contribution is -1.91. The first-order valence-electron chi connectivity index (χ1n) is 4.75. The molecule has 0 atom stereocenters. The van der Waals surface area contributed by atoms with Gasteiger partial charge in [0.2, 0.25) is 6.40 Å². The van der Waals surface area contributed by atoms with Gasteiger partial charge >= 0.3 is 0 Å². The lowest BCUT2D eigenvalue weighted by molar-refractivity contribution is -0.211. The summed E-state index contributed by atoms with van der Waals surface area (Å²) in [6.45, 7) is 2.22. The maximum atomic E-state index is 10.8. The van der Waals surface area contributed by atoms with Crippen molar-refractivity contribution in [3.8, 4) is 5.75 Å². The fourth-order valence-corrected chi connectivity index (χ4v) is 1.05. The van der Waals surface area contributed by atoms with Crippen LogP contribution >= 0.6 is 0 Å². The molecule has 0 saturated heterocycles. The topological polar surface area (TPSA) is 57.1 Å². The number of ether oxygens (including phenoxy) is 1. The lowest BCUT2D eigenvalue weighted by Gasteiger charge is -2.02. The van der Waals surface area contributed by atoms with Crippen molar-refractivity contribution in [2.24, 2.45) is 4.99 Å². The van der Waals surface area contributed by atoms with Crippen molar-refractivity contribution >= 4 is 18.4 Å². The van der Waals surface area contributed by atoms with Crippen LogP contribution < -0.4 is 4.74 Å². The SMILES string of the molecule is CCOO/C=N\c1ccc(OC)cc1C=O. The molecular weight excluding hydrogens is 210 g/mol. The monoisotopic (exact) mass is 223 g/mol. The van der Waals surface area contributed by atoms with Crippen molar-refractivity contribution in [2.45, 2.75) is 6.92 Å². The van der Waals surface area contributed by atoms with E-state index in [9.17, 15) is 4.79 Å². The first kappa shape index (κ1) is 12.2. The van der Waals surface area contributed by atoms with Crippen LogP contribution in [0.15, 0.2) is 23.2 Å². The van der Waals surface area contributed by atoms with Gasteiger partial charge in [-0.15, -0.1) is 0 Å². The number of nitrogens with zero attached hydrogens (tertiary/aromatic N) is 1. The van der Waals surface area contributed by atoms with E-state index in [0.717, 1.165) is 6.40 Å². The average Bonchev–Trinajstić information content (AvgIpc) is 2.34. The Morgan fingerprint density at radius 1 is 1.44 bits per heavy atom. The highest BCUT2D eigenvalue weighted by Gasteiger charge is 2.01. The molecule has 0 bridgehead atoms. The maximum absolute atomic E-state index is 10.8. The van der Waals surface area contributed by atoms with Crippen molar-refractivity contribution in [2.75, 3.05) is 13.7 Å². The Kier molecular flexibility index (Phi) is 5.01. The smallest absolute Gasteiger partial charge is 0.219 e. The molecule has 0 unspecified atom stereocenters. The molecule has 1 aromatic rings. The standard InChI is InChI=1S/C11H13NO4/c1-3-15-16-8-12-11-5-4-10(14-2)6-9(11)7-13/h4-8H,3H2,1-2H3/b12-8-. The van der Waals surface area contributed by atoms with E-state index >= 15 is 0 Å². The Morgan fingerprint density at radius 2 is 2.25 bits per heavy atom. The fourth-order valence-electron chi connectivity index (χ4n) is 1.05. The molecule has 0 aromatic heterocycles. The molecule has 5 nitrogen and oxygen atoms in total. The van der Waals surface area contributed by atoms with Crippen LogP contribution in [-0.4, -0.2) is 26.4 Å². The third kappa shape index (κ3) is 3.36. The maximum Gasteiger partial charge on any atom is 0.219 e. The molecule has 1 rings (SSSR count). The van der Waals surface area contributed by atoms with E-state index in [1.807, 2.05) is 0 Å². The number of aldehydes is 1. The van der Waals surface area contributed by atoms with Crippen LogP contribution in [0.1, 0.15) is 17.3 Å². The van der Waals surface area contributed by atoms with Crippen LogP contribution in [0, 0.1) is 0 Å². The van der Waals surface area contributed by atoms with Crippen LogP contribution in [0.2, 0.25) is 0 Å². The van der Waals surface area contributed by atoms with Gasteiger partial charge in [-0.2, -0.15) is 4.89 Å². The Hall–Kier alpha value is -1.88. The summed E-state index contributed by atoms with van der Waals surface area (Å²) in [6.07, 6.45) is 1.84. The minimum atomic E-state index is 0.426. The van der Waals surface area contributed by atoms with Gasteiger partial charge in [-0.3, -0.25) is 4.79 Å². The number of benzene rings is 1. The van der Waals surface area contributed by atoms with E-state index in [-0.39, 0.29) is 0 Å². The van der Waals surface area contributed by atoms with E-state index < -0.39 is 0 Å². The predicted octanol–water partition coefficient (Wildman–Crippen LogP) is 2.14. The second-order valence-corrected chi connectivity index (χ2v) is 2.78. The van der Waals surface area contributed by atoms with Crippen LogP contribution in [0.25, 0.3) is 0 Å². The highest BCUT2D eigenvalue weighted by atomic mass is 17.2. The summed E-state index contributed by atoms with van der Waals surface area (Å²) >= 11 is 0. The molecule has 1 aromatic carbocycles. The van der Waals surface area contributed by atoms with Crippen molar-refractivity contribution in [3.63, 3.8) is 0 Å². The average molecular weight is 223 g/mol. The molecule has 5 heteroatoms. The van der Waals surface area contributed by atoms with Gasteiger partial charge in [0.15, 0.2) is 6.29 Å². The molecule has 0 aliphatic carbocycles. The number of rotatable bonds is 6. The molecule has 0 saturated carbocycles. The summed E-state index contributed by atoms with van der Waals surface area (Å²) in [5, 5.41) is 0. The minimum Gasteiger partial charge on any atom is -0.497 e. The fraction of sp³-hybridized carbons (Fsp3) is 0.273. The molecule has 0 fully saturated rings. The second-order valence-electron chi connectivity index (χ2n) is 2.78. The van der Waals surface area contributed by atoms with E-state index in [4.69, 9.17) is 4.74 Å². The van der Waals surface area contributed by atoms with Gasteiger partial charge < -0.3 is 9.62 Å². The first-order chi connectivity index (χ1) is 7.81. The number of aliphatic imine (C=N–C) groups is 1. The highest BCUT2D eigenvalue weighted by molar-refractivity contribution is 5.84. The normalized spacial score (nSPS) is 10.4. The van der Waals surface area contributed by atoms with Gasteiger partial charge in [-0.25, -0.2) is 4.99 Å². The van der Waals surface area contributed by atoms with Gasteiger partial charge in [0.1, 0.15) is 5.75 Å². The minimum absolute atomic E-state index is 0.426. The zero-order chi connectivity index (χ0) is 11.8. The second kappa shape index (κ2) is 6.58. The van der Waals surface area contributed by atoms with E-state index in [0.29, 0.717) is 29.9 Å². The third-order valence-corrected chi connectivity index (χ3v) is 1.78. The summed E-state index contributed by atoms with van der Waals surface area (Å²) < 4.78 is 4.99. The van der Waals surface area contributed by atoms with E-state index in [1.54, 1.807) is 25.1 Å². The van der Waals surface area contributed by atoms with Gasteiger partial charge in [-0.05, 0) is 25.1 Å².